The molecule has 0 unspecified atom stereocenters. The first-order valence-corrected chi connectivity index (χ1v) is 10.8. The fourth-order valence-electron chi connectivity index (χ4n) is 2.59. The summed E-state index contributed by atoms with van der Waals surface area (Å²) in [6.07, 6.45) is 0. The number of anilines is 2. The third-order valence-electron chi connectivity index (χ3n) is 4.04. The van der Waals surface area contributed by atoms with Crippen molar-refractivity contribution in [3.05, 3.63) is 24.3 Å². The molecule has 1 aromatic carbocycles. The number of fused-ring (bicyclic) bond motifs is 1. The van der Waals surface area contributed by atoms with Gasteiger partial charge in [-0.2, -0.15) is 0 Å². The van der Waals surface area contributed by atoms with Gasteiger partial charge < -0.3 is 15.1 Å². The molecule has 0 radical (unpaired) electrons. The van der Waals surface area contributed by atoms with E-state index in [0.717, 1.165) is 45.9 Å². The highest BCUT2D eigenvalue weighted by atomic mass is 32.2. The van der Waals surface area contributed by atoms with Crippen LogP contribution in [0.25, 0.3) is 10.2 Å². The van der Waals surface area contributed by atoms with Gasteiger partial charge in [0.1, 0.15) is 0 Å². The van der Waals surface area contributed by atoms with Crippen molar-refractivity contribution in [2.24, 2.45) is 0 Å². The summed E-state index contributed by atoms with van der Waals surface area (Å²) in [5.41, 5.74) is 0.904. The Bertz CT molecular complexity index is 869. The molecule has 1 aliphatic rings. The van der Waals surface area contributed by atoms with Crippen molar-refractivity contribution in [1.82, 2.24) is 20.1 Å². The molecule has 0 bridgehead atoms. The van der Waals surface area contributed by atoms with Gasteiger partial charge in [0.05, 0.1) is 16.0 Å². The number of nitrogens with one attached hydrogen (secondary N) is 1. The average Bonchev–Trinajstić information content (AvgIpc) is 3.27. The molecule has 1 saturated heterocycles. The summed E-state index contributed by atoms with van der Waals surface area (Å²) in [4.78, 5) is 21.2. The van der Waals surface area contributed by atoms with Crippen molar-refractivity contribution in [1.29, 1.82) is 0 Å². The molecule has 0 saturated carbocycles. The molecule has 4 rings (SSSR count). The summed E-state index contributed by atoms with van der Waals surface area (Å²) < 4.78 is 1.88. The number of likely N-dealkylation sites (N-methyl/N-ethyl adjacent to an activating group) is 1. The minimum Gasteiger partial charge on any atom is -0.344 e. The number of carbonyl (C=O) groups excluding carboxylic acids is 1. The van der Waals surface area contributed by atoms with Crippen LogP contribution in [0.2, 0.25) is 0 Å². The van der Waals surface area contributed by atoms with Crippen molar-refractivity contribution < 1.29 is 4.79 Å². The second kappa shape index (κ2) is 7.87. The van der Waals surface area contributed by atoms with Crippen molar-refractivity contribution in [3.63, 3.8) is 0 Å². The number of thiazole rings is 1. The molecule has 136 valence electrons. The van der Waals surface area contributed by atoms with Crippen LogP contribution in [0.4, 0.5) is 10.3 Å². The van der Waals surface area contributed by atoms with Gasteiger partial charge >= 0.3 is 0 Å². The maximum Gasteiger partial charge on any atom is 0.236 e. The first-order valence-electron chi connectivity index (χ1n) is 8.22. The highest BCUT2D eigenvalue weighted by Gasteiger charge is 2.18. The van der Waals surface area contributed by atoms with Gasteiger partial charge in [-0.25, -0.2) is 4.98 Å². The van der Waals surface area contributed by atoms with E-state index in [2.05, 4.69) is 37.3 Å². The van der Waals surface area contributed by atoms with E-state index in [0.29, 0.717) is 10.9 Å². The number of hydrogen-bond acceptors (Lipinski definition) is 9. The van der Waals surface area contributed by atoms with Crippen LogP contribution < -0.4 is 10.2 Å². The van der Waals surface area contributed by atoms with Crippen LogP contribution >= 0.6 is 34.4 Å². The molecular formula is C16H18N6OS3. The molecule has 3 heterocycles. The molecule has 2 aromatic heterocycles. The summed E-state index contributed by atoms with van der Waals surface area (Å²) in [6, 6.07) is 7.85. The predicted molar refractivity (Wildman–Crippen MR) is 109 cm³/mol. The van der Waals surface area contributed by atoms with Gasteiger partial charge in [-0.05, 0) is 19.2 Å². The summed E-state index contributed by atoms with van der Waals surface area (Å²) in [5.74, 6) is 0.221. The average molecular weight is 407 g/mol. The third kappa shape index (κ3) is 4.14. The van der Waals surface area contributed by atoms with Gasteiger partial charge in [0, 0.05) is 26.2 Å². The van der Waals surface area contributed by atoms with E-state index >= 15 is 0 Å². The van der Waals surface area contributed by atoms with Crippen LogP contribution in [0, 0.1) is 0 Å². The molecule has 0 aliphatic carbocycles. The molecular weight excluding hydrogens is 388 g/mol. The molecule has 1 fully saturated rings. The number of thioether (sulfide) groups is 1. The molecule has 0 atom stereocenters. The molecule has 3 aromatic rings. The Hall–Kier alpha value is -1.75. The van der Waals surface area contributed by atoms with Crippen LogP contribution in [-0.4, -0.2) is 65.0 Å². The zero-order valence-corrected chi connectivity index (χ0v) is 16.7. The Labute approximate surface area is 163 Å². The molecule has 0 spiro atoms. The van der Waals surface area contributed by atoms with Crippen LogP contribution in [0.1, 0.15) is 0 Å². The van der Waals surface area contributed by atoms with Gasteiger partial charge in [-0.15, -0.1) is 10.2 Å². The lowest BCUT2D eigenvalue weighted by molar-refractivity contribution is -0.113. The van der Waals surface area contributed by atoms with E-state index < -0.39 is 0 Å². The largest absolute Gasteiger partial charge is 0.344 e. The second-order valence-electron chi connectivity index (χ2n) is 5.96. The maximum atomic E-state index is 12.2. The van der Waals surface area contributed by atoms with E-state index in [1.54, 1.807) is 11.3 Å². The number of carbonyl (C=O) groups is 1. The number of amides is 1. The number of para-hydroxylation sites is 1. The number of rotatable bonds is 5. The first-order chi connectivity index (χ1) is 12.7. The van der Waals surface area contributed by atoms with Gasteiger partial charge in [0.2, 0.25) is 11.0 Å². The van der Waals surface area contributed by atoms with Gasteiger partial charge in [0.15, 0.2) is 9.47 Å². The van der Waals surface area contributed by atoms with Crippen LogP contribution in [0.3, 0.4) is 0 Å². The standard InChI is InChI=1S/C16H18N6OS3/c1-21-6-8-22(9-7-21)15-19-20-16(26-15)24-10-13(23)18-14-17-11-4-2-3-5-12(11)25-14/h2-5H,6-10H2,1H3,(H,17,18,23). The lowest BCUT2D eigenvalue weighted by Gasteiger charge is -2.31. The topological polar surface area (TPSA) is 74.2 Å². The highest BCUT2D eigenvalue weighted by molar-refractivity contribution is 8.01. The quantitative estimate of drug-likeness (QED) is 0.653. The van der Waals surface area contributed by atoms with E-state index in [-0.39, 0.29) is 5.91 Å². The summed E-state index contributed by atoms with van der Waals surface area (Å²) in [6.45, 7) is 4.00. The van der Waals surface area contributed by atoms with Crippen molar-refractivity contribution >= 4 is 60.8 Å². The number of benzene rings is 1. The normalized spacial score (nSPS) is 15.5. The Balaban J connectivity index is 1.30. The Kier molecular flexibility index (Phi) is 5.34. The molecule has 1 N–H and O–H groups in total. The molecule has 10 heteroatoms. The maximum absolute atomic E-state index is 12.2. The SMILES string of the molecule is CN1CCN(c2nnc(SCC(=O)Nc3nc4ccccc4s3)s2)CC1. The van der Waals surface area contributed by atoms with Gasteiger partial charge in [-0.3, -0.25) is 4.79 Å². The van der Waals surface area contributed by atoms with Crippen LogP contribution in [0.5, 0.6) is 0 Å². The monoisotopic (exact) mass is 406 g/mol. The zero-order chi connectivity index (χ0) is 17.9. The Morgan fingerprint density at radius 3 is 2.81 bits per heavy atom. The van der Waals surface area contributed by atoms with E-state index in [1.165, 1.54) is 23.1 Å². The lowest BCUT2D eigenvalue weighted by Crippen LogP contribution is -2.44. The Morgan fingerprint density at radius 2 is 2.00 bits per heavy atom. The predicted octanol–water partition coefficient (Wildman–Crippen LogP) is 2.63. The van der Waals surface area contributed by atoms with Gasteiger partial charge in [-0.1, -0.05) is 46.6 Å². The van der Waals surface area contributed by atoms with Crippen LogP contribution in [0.15, 0.2) is 28.6 Å². The van der Waals surface area contributed by atoms with Crippen LogP contribution in [-0.2, 0) is 4.79 Å². The summed E-state index contributed by atoms with van der Waals surface area (Å²) >= 11 is 4.44. The van der Waals surface area contributed by atoms with Gasteiger partial charge in [0.25, 0.3) is 0 Å². The molecule has 1 aliphatic heterocycles. The number of piperazine rings is 1. The fraction of sp³-hybridized carbons (Fsp3) is 0.375. The Morgan fingerprint density at radius 1 is 1.19 bits per heavy atom. The molecule has 26 heavy (non-hydrogen) atoms. The van der Waals surface area contributed by atoms with E-state index in [9.17, 15) is 4.79 Å². The van der Waals surface area contributed by atoms with Crippen molar-refractivity contribution in [2.45, 2.75) is 4.34 Å². The smallest absolute Gasteiger partial charge is 0.236 e. The lowest BCUT2D eigenvalue weighted by atomic mass is 10.3. The van der Waals surface area contributed by atoms with E-state index in [4.69, 9.17) is 0 Å². The number of aromatic nitrogens is 3. The second-order valence-corrected chi connectivity index (χ2v) is 9.17. The number of nitrogens with zero attached hydrogens (tertiary/aromatic N) is 5. The number of hydrogen-bond donors (Lipinski definition) is 1. The van der Waals surface area contributed by atoms with Crippen molar-refractivity contribution in [2.75, 3.05) is 49.2 Å². The first kappa shape index (κ1) is 17.7. The van der Waals surface area contributed by atoms with Crippen molar-refractivity contribution in [3.8, 4) is 0 Å². The van der Waals surface area contributed by atoms with E-state index in [1.807, 2.05) is 24.3 Å². The highest BCUT2D eigenvalue weighted by Crippen LogP contribution is 2.29. The minimum atomic E-state index is -0.0783. The fourth-order valence-corrected chi connectivity index (χ4v) is 5.17. The minimum absolute atomic E-state index is 0.0783. The summed E-state index contributed by atoms with van der Waals surface area (Å²) in [5, 5.41) is 12.9. The summed E-state index contributed by atoms with van der Waals surface area (Å²) in [7, 11) is 2.13. The molecule has 1 amide bonds. The molecule has 7 nitrogen and oxygen atoms in total. The zero-order valence-electron chi connectivity index (χ0n) is 14.2. The third-order valence-corrected chi connectivity index (χ3v) is 7.11.